The normalized spacial score (nSPS) is 15.8. The van der Waals surface area contributed by atoms with Gasteiger partial charge in [-0.15, -0.1) is 0 Å². The fraction of sp³-hybridized carbons (Fsp3) is 0.310. The van der Waals surface area contributed by atoms with E-state index in [0.29, 0.717) is 12.6 Å². The lowest BCUT2D eigenvalue weighted by Gasteiger charge is -2.19. The van der Waals surface area contributed by atoms with Gasteiger partial charge in [-0.2, -0.15) is 0 Å². The Kier molecular flexibility index (Phi) is 7.84. The van der Waals surface area contributed by atoms with Gasteiger partial charge in [0.15, 0.2) is 18.9 Å². The standard InChI is InChI=1S/C29H32ClN4O2/c1-32-15-2-3-25(32)14-19-35-28-10-6-26(7-11-28)34-21-29(31-22-34)23-4-8-27(9-5-23)36-20-18-33-16-12-24(30)13-17-33/h4-13,16-17,21-22,25H,2-3,14-15,18-20H2,1H3/q+1. The molecule has 36 heavy (non-hydrogen) atoms. The summed E-state index contributed by atoms with van der Waals surface area (Å²) in [7, 11) is 2.21. The Morgan fingerprint density at radius 1 is 0.944 bits per heavy atom. The fourth-order valence-corrected chi connectivity index (χ4v) is 4.68. The molecule has 186 valence electrons. The van der Waals surface area contributed by atoms with Gasteiger partial charge in [-0.3, -0.25) is 0 Å². The molecule has 1 atom stereocenters. The number of imidazole rings is 1. The van der Waals surface area contributed by atoms with Gasteiger partial charge in [0.25, 0.3) is 0 Å². The highest BCUT2D eigenvalue weighted by Gasteiger charge is 2.20. The molecule has 0 radical (unpaired) electrons. The van der Waals surface area contributed by atoms with E-state index in [1.54, 1.807) is 0 Å². The lowest BCUT2D eigenvalue weighted by molar-refractivity contribution is -0.697. The minimum absolute atomic E-state index is 0.581. The van der Waals surface area contributed by atoms with Crippen molar-refractivity contribution < 1.29 is 14.0 Å². The van der Waals surface area contributed by atoms with Crippen molar-refractivity contribution in [2.45, 2.75) is 31.8 Å². The molecule has 0 spiro atoms. The van der Waals surface area contributed by atoms with Gasteiger partial charge in [-0.25, -0.2) is 9.55 Å². The van der Waals surface area contributed by atoms with Crippen LogP contribution in [-0.4, -0.2) is 47.3 Å². The summed E-state index contributed by atoms with van der Waals surface area (Å²) in [6.45, 7) is 3.29. The Bertz CT molecular complexity index is 1240. The molecule has 2 aromatic carbocycles. The number of likely N-dealkylation sites (tertiary alicyclic amines) is 1. The van der Waals surface area contributed by atoms with Crippen LogP contribution in [0.4, 0.5) is 0 Å². The van der Waals surface area contributed by atoms with E-state index in [2.05, 4.69) is 29.1 Å². The molecule has 0 N–H and O–H groups in total. The Labute approximate surface area is 217 Å². The van der Waals surface area contributed by atoms with Crippen molar-refractivity contribution in [1.82, 2.24) is 14.5 Å². The van der Waals surface area contributed by atoms with E-state index < -0.39 is 0 Å². The molecular formula is C29H32ClN4O2+. The highest BCUT2D eigenvalue weighted by molar-refractivity contribution is 6.30. The molecule has 3 heterocycles. The number of aromatic nitrogens is 3. The second-order valence-electron chi connectivity index (χ2n) is 9.20. The zero-order valence-corrected chi connectivity index (χ0v) is 21.3. The number of hydrogen-bond donors (Lipinski definition) is 0. The molecular weight excluding hydrogens is 472 g/mol. The maximum atomic E-state index is 5.98. The molecule has 0 amide bonds. The van der Waals surface area contributed by atoms with Crippen LogP contribution < -0.4 is 14.0 Å². The van der Waals surface area contributed by atoms with Crippen molar-refractivity contribution >= 4 is 11.6 Å². The summed E-state index contributed by atoms with van der Waals surface area (Å²) >= 11 is 5.93. The van der Waals surface area contributed by atoms with Crippen molar-refractivity contribution in [3.05, 3.63) is 90.6 Å². The highest BCUT2D eigenvalue weighted by Crippen LogP contribution is 2.23. The zero-order chi connectivity index (χ0) is 24.7. The first-order valence-electron chi connectivity index (χ1n) is 12.5. The molecule has 2 aromatic heterocycles. The zero-order valence-electron chi connectivity index (χ0n) is 20.6. The van der Waals surface area contributed by atoms with Crippen LogP contribution >= 0.6 is 11.6 Å². The van der Waals surface area contributed by atoms with Gasteiger partial charge < -0.3 is 18.9 Å². The molecule has 6 nitrogen and oxygen atoms in total. The number of hydrogen-bond acceptors (Lipinski definition) is 4. The van der Waals surface area contributed by atoms with Crippen LogP contribution in [0.2, 0.25) is 5.02 Å². The molecule has 1 aliphatic heterocycles. The topological polar surface area (TPSA) is 43.4 Å². The van der Waals surface area contributed by atoms with Crippen LogP contribution in [-0.2, 0) is 6.54 Å². The van der Waals surface area contributed by atoms with Crippen molar-refractivity contribution in [3.8, 4) is 28.4 Å². The predicted molar refractivity (Wildman–Crippen MR) is 142 cm³/mol. The average Bonchev–Trinajstić information content (AvgIpc) is 3.56. The van der Waals surface area contributed by atoms with E-state index in [0.717, 1.165) is 53.0 Å². The third-order valence-electron chi connectivity index (χ3n) is 6.73. The number of pyridine rings is 1. The summed E-state index contributed by atoms with van der Waals surface area (Å²) in [5.41, 5.74) is 3.01. The Balaban J connectivity index is 1.12. The molecule has 5 rings (SSSR count). The smallest absolute Gasteiger partial charge is 0.182 e. The van der Waals surface area contributed by atoms with Crippen LogP contribution in [0.15, 0.2) is 85.6 Å². The number of rotatable bonds is 10. The summed E-state index contributed by atoms with van der Waals surface area (Å²) in [6.07, 6.45) is 11.4. The van der Waals surface area contributed by atoms with Crippen molar-refractivity contribution in [2.24, 2.45) is 0 Å². The van der Waals surface area contributed by atoms with Crippen LogP contribution in [0.25, 0.3) is 16.9 Å². The molecule has 0 bridgehead atoms. The maximum Gasteiger partial charge on any atom is 0.182 e. The number of ether oxygens (including phenoxy) is 2. The number of nitrogens with zero attached hydrogens (tertiary/aromatic N) is 4. The average molecular weight is 504 g/mol. The summed E-state index contributed by atoms with van der Waals surface area (Å²) in [5.74, 6) is 1.74. The lowest BCUT2D eigenvalue weighted by Crippen LogP contribution is -2.35. The van der Waals surface area contributed by atoms with Crippen LogP contribution in [0, 0.1) is 0 Å². The molecule has 0 saturated carbocycles. The van der Waals surface area contributed by atoms with E-state index in [9.17, 15) is 0 Å². The van der Waals surface area contributed by atoms with Crippen molar-refractivity contribution in [3.63, 3.8) is 0 Å². The molecule has 1 saturated heterocycles. The largest absolute Gasteiger partial charge is 0.494 e. The second-order valence-corrected chi connectivity index (χ2v) is 9.64. The maximum absolute atomic E-state index is 5.98. The highest BCUT2D eigenvalue weighted by atomic mass is 35.5. The van der Waals surface area contributed by atoms with Gasteiger partial charge >= 0.3 is 0 Å². The number of benzene rings is 2. The van der Waals surface area contributed by atoms with Gasteiger partial charge in [0.2, 0.25) is 0 Å². The van der Waals surface area contributed by atoms with Crippen LogP contribution in [0.5, 0.6) is 11.5 Å². The van der Waals surface area contributed by atoms with Crippen LogP contribution in [0.1, 0.15) is 19.3 Å². The first-order chi connectivity index (χ1) is 17.6. The minimum Gasteiger partial charge on any atom is -0.494 e. The van der Waals surface area contributed by atoms with Crippen LogP contribution in [0.3, 0.4) is 0 Å². The monoisotopic (exact) mass is 503 g/mol. The summed E-state index contributed by atoms with van der Waals surface area (Å²) in [6, 6.07) is 20.6. The Morgan fingerprint density at radius 3 is 2.33 bits per heavy atom. The third kappa shape index (κ3) is 6.25. The van der Waals surface area contributed by atoms with E-state index in [1.165, 1.54) is 19.4 Å². The van der Waals surface area contributed by atoms with E-state index in [1.807, 2.05) is 82.6 Å². The summed E-state index contributed by atoms with van der Waals surface area (Å²) in [5, 5.41) is 0.731. The molecule has 1 unspecified atom stereocenters. The fourth-order valence-electron chi connectivity index (χ4n) is 4.56. The first-order valence-corrected chi connectivity index (χ1v) is 12.9. The number of halogens is 1. The van der Waals surface area contributed by atoms with Gasteiger partial charge in [-0.1, -0.05) is 11.6 Å². The Hall–Kier alpha value is -3.35. The quantitative estimate of drug-likeness (QED) is 0.271. The Morgan fingerprint density at radius 2 is 1.64 bits per heavy atom. The SMILES string of the molecule is CN1CCCC1CCOc1ccc(-n2cnc(-c3ccc(OCC[n+]4ccc(Cl)cc4)cc3)c2)cc1. The molecule has 0 aliphatic carbocycles. The van der Waals surface area contributed by atoms with E-state index >= 15 is 0 Å². The lowest BCUT2D eigenvalue weighted by atomic mass is 10.1. The van der Waals surface area contributed by atoms with E-state index in [4.69, 9.17) is 21.1 Å². The van der Waals surface area contributed by atoms with Crippen molar-refractivity contribution in [2.75, 3.05) is 26.8 Å². The summed E-state index contributed by atoms with van der Waals surface area (Å²) in [4.78, 5) is 7.03. The second kappa shape index (κ2) is 11.6. The molecule has 1 aliphatic rings. The van der Waals surface area contributed by atoms with Gasteiger partial charge in [0.1, 0.15) is 18.1 Å². The minimum atomic E-state index is 0.581. The predicted octanol–water partition coefficient (Wildman–Crippen LogP) is 5.42. The third-order valence-corrected chi connectivity index (χ3v) is 6.98. The van der Waals surface area contributed by atoms with Gasteiger partial charge in [0.05, 0.1) is 23.7 Å². The van der Waals surface area contributed by atoms with Gasteiger partial charge in [-0.05, 0) is 81.4 Å². The van der Waals surface area contributed by atoms with Gasteiger partial charge in [0, 0.05) is 35.6 Å². The summed E-state index contributed by atoms with van der Waals surface area (Å²) < 4.78 is 15.9. The first kappa shape index (κ1) is 24.3. The molecule has 7 heteroatoms. The van der Waals surface area contributed by atoms with Crippen molar-refractivity contribution in [1.29, 1.82) is 0 Å². The molecule has 4 aromatic rings. The van der Waals surface area contributed by atoms with E-state index in [-0.39, 0.29) is 0 Å². The molecule has 1 fully saturated rings.